The Morgan fingerprint density at radius 2 is 2.07 bits per heavy atom. The van der Waals surface area contributed by atoms with Crippen molar-refractivity contribution in [1.82, 2.24) is 15.5 Å². The summed E-state index contributed by atoms with van der Waals surface area (Å²) in [6.07, 6.45) is 1.12. The third-order valence-electron chi connectivity index (χ3n) is 4.19. The molecule has 1 aliphatic rings. The number of para-hydroxylation sites is 1. The molecule has 0 aromatic heterocycles. The van der Waals surface area contributed by atoms with Crippen molar-refractivity contribution in [3.8, 4) is 5.75 Å². The number of hydrogen-bond acceptors (Lipinski definition) is 4. The second-order valence-corrected chi connectivity index (χ2v) is 7.04. The smallest absolute Gasteiger partial charge is 0.191 e. The van der Waals surface area contributed by atoms with E-state index in [4.69, 9.17) is 9.47 Å². The summed E-state index contributed by atoms with van der Waals surface area (Å²) < 4.78 is 11.6. The van der Waals surface area contributed by atoms with Crippen LogP contribution >= 0.6 is 24.0 Å². The Hall–Kier alpha value is -1.06. The zero-order chi connectivity index (χ0) is 18.6. The van der Waals surface area contributed by atoms with Gasteiger partial charge in [0.25, 0.3) is 0 Å². The molecule has 6 nitrogen and oxygen atoms in total. The third kappa shape index (κ3) is 10.2. The Kier molecular flexibility index (Phi) is 12.4. The second-order valence-electron chi connectivity index (χ2n) is 7.04. The Morgan fingerprint density at radius 1 is 1.30 bits per heavy atom. The van der Waals surface area contributed by atoms with Gasteiger partial charge in [-0.15, -0.1) is 24.0 Å². The largest absolute Gasteiger partial charge is 0.494 e. The second kappa shape index (κ2) is 14.0. The highest BCUT2D eigenvalue weighted by molar-refractivity contribution is 14.0. The number of nitrogens with one attached hydrogen (secondary N) is 2. The van der Waals surface area contributed by atoms with Crippen molar-refractivity contribution in [3.63, 3.8) is 0 Å². The lowest BCUT2D eigenvalue weighted by Gasteiger charge is -2.34. The monoisotopic (exact) mass is 490 g/mol. The van der Waals surface area contributed by atoms with Crippen molar-refractivity contribution in [2.75, 3.05) is 53.0 Å². The maximum absolute atomic E-state index is 5.87. The molecule has 0 spiro atoms. The minimum absolute atomic E-state index is 0. The molecule has 27 heavy (non-hydrogen) atoms. The van der Waals surface area contributed by atoms with Gasteiger partial charge in [0.2, 0.25) is 0 Å². The molecule has 0 radical (unpaired) electrons. The average Bonchev–Trinajstić information content (AvgIpc) is 2.64. The number of morpholine rings is 1. The zero-order valence-corrected chi connectivity index (χ0v) is 19.1. The molecule has 0 bridgehead atoms. The molecule has 1 atom stereocenters. The molecule has 1 aromatic carbocycles. The lowest BCUT2D eigenvalue weighted by molar-refractivity contribution is -0.0284. The number of rotatable bonds is 9. The Balaban J connectivity index is 0.00000364. The number of aliphatic imine (C=N–C) groups is 1. The fourth-order valence-corrected chi connectivity index (χ4v) is 3.00. The molecule has 1 fully saturated rings. The minimum atomic E-state index is 0. The normalized spacial score (nSPS) is 18.1. The van der Waals surface area contributed by atoms with Crippen molar-refractivity contribution in [3.05, 3.63) is 30.3 Å². The van der Waals surface area contributed by atoms with Crippen molar-refractivity contribution < 1.29 is 9.47 Å². The topological polar surface area (TPSA) is 58.1 Å². The van der Waals surface area contributed by atoms with Crippen molar-refractivity contribution in [1.29, 1.82) is 0 Å². The van der Waals surface area contributed by atoms with Crippen LogP contribution in [0.1, 0.15) is 20.3 Å². The molecular formula is C20H35IN4O2. The summed E-state index contributed by atoms with van der Waals surface area (Å²) in [5.74, 6) is 2.42. The van der Waals surface area contributed by atoms with Crippen molar-refractivity contribution in [2.24, 2.45) is 10.9 Å². The molecule has 154 valence electrons. The number of halogens is 1. The molecule has 1 unspecified atom stereocenters. The molecule has 1 aromatic rings. The first-order valence-electron chi connectivity index (χ1n) is 9.63. The fraction of sp³-hybridized carbons (Fsp3) is 0.650. The van der Waals surface area contributed by atoms with Crippen LogP contribution in [0, 0.1) is 5.92 Å². The van der Waals surface area contributed by atoms with Gasteiger partial charge in [0, 0.05) is 39.8 Å². The highest BCUT2D eigenvalue weighted by Crippen LogP contribution is 2.08. The summed E-state index contributed by atoms with van der Waals surface area (Å²) in [4.78, 5) is 6.76. The number of ether oxygens (including phenoxy) is 2. The number of benzene rings is 1. The van der Waals surface area contributed by atoms with Gasteiger partial charge in [-0.1, -0.05) is 32.0 Å². The van der Waals surface area contributed by atoms with Gasteiger partial charge in [0.05, 0.1) is 19.3 Å². The predicted molar refractivity (Wildman–Crippen MR) is 122 cm³/mol. The van der Waals surface area contributed by atoms with E-state index in [0.29, 0.717) is 12.5 Å². The Labute approximate surface area is 181 Å². The van der Waals surface area contributed by atoms with Crippen LogP contribution < -0.4 is 15.4 Å². The SMILES string of the molecule is CN=C(NCCCOc1ccccc1)NCC1CN(CC(C)C)CCO1.I. The summed E-state index contributed by atoms with van der Waals surface area (Å²) in [6.45, 7) is 10.7. The average molecular weight is 490 g/mol. The number of nitrogens with zero attached hydrogens (tertiary/aromatic N) is 2. The highest BCUT2D eigenvalue weighted by atomic mass is 127. The molecule has 7 heteroatoms. The van der Waals surface area contributed by atoms with E-state index in [-0.39, 0.29) is 30.1 Å². The van der Waals surface area contributed by atoms with E-state index in [9.17, 15) is 0 Å². The molecular weight excluding hydrogens is 455 g/mol. The lowest BCUT2D eigenvalue weighted by Crippen LogP contribution is -2.50. The summed E-state index contributed by atoms with van der Waals surface area (Å²) in [7, 11) is 1.79. The Morgan fingerprint density at radius 3 is 2.78 bits per heavy atom. The fourth-order valence-electron chi connectivity index (χ4n) is 3.00. The van der Waals surface area contributed by atoms with E-state index < -0.39 is 0 Å². The maximum atomic E-state index is 5.87. The van der Waals surface area contributed by atoms with Gasteiger partial charge in [0.1, 0.15) is 5.75 Å². The van der Waals surface area contributed by atoms with Crippen LogP contribution in [0.5, 0.6) is 5.75 Å². The van der Waals surface area contributed by atoms with Crippen LogP contribution in [0.25, 0.3) is 0 Å². The van der Waals surface area contributed by atoms with Crippen LogP contribution in [0.2, 0.25) is 0 Å². The molecule has 1 saturated heterocycles. The quantitative estimate of drug-likeness (QED) is 0.241. The van der Waals surface area contributed by atoms with Gasteiger partial charge in [0.15, 0.2) is 5.96 Å². The minimum Gasteiger partial charge on any atom is -0.494 e. The molecule has 0 aliphatic carbocycles. The summed E-state index contributed by atoms with van der Waals surface area (Å²) >= 11 is 0. The van der Waals surface area contributed by atoms with Gasteiger partial charge >= 0.3 is 0 Å². The molecule has 0 amide bonds. The van der Waals surface area contributed by atoms with Gasteiger partial charge < -0.3 is 20.1 Å². The number of guanidine groups is 1. The number of hydrogen-bond donors (Lipinski definition) is 2. The summed E-state index contributed by atoms with van der Waals surface area (Å²) in [5, 5.41) is 6.70. The molecule has 2 N–H and O–H groups in total. The van der Waals surface area contributed by atoms with E-state index in [1.165, 1.54) is 0 Å². The van der Waals surface area contributed by atoms with E-state index in [1.54, 1.807) is 7.05 Å². The molecule has 1 aliphatic heterocycles. The van der Waals surface area contributed by atoms with Crippen molar-refractivity contribution >= 4 is 29.9 Å². The Bertz CT molecular complexity index is 528. The van der Waals surface area contributed by atoms with Gasteiger partial charge in [-0.2, -0.15) is 0 Å². The van der Waals surface area contributed by atoms with E-state index in [1.807, 2.05) is 30.3 Å². The maximum Gasteiger partial charge on any atom is 0.191 e. The third-order valence-corrected chi connectivity index (χ3v) is 4.19. The van der Waals surface area contributed by atoms with Crippen molar-refractivity contribution in [2.45, 2.75) is 26.4 Å². The predicted octanol–water partition coefficient (Wildman–Crippen LogP) is 2.60. The highest BCUT2D eigenvalue weighted by Gasteiger charge is 2.20. The van der Waals surface area contributed by atoms with E-state index in [0.717, 1.165) is 57.5 Å². The standard InChI is InChI=1S/C20H34N4O2.HI/c1-17(2)15-24-11-13-26-19(16-24)14-23-20(21-3)22-10-7-12-25-18-8-5-4-6-9-18;/h4-6,8-9,17,19H,7,10-16H2,1-3H3,(H2,21,22,23);1H. The first-order valence-corrected chi connectivity index (χ1v) is 9.63. The molecule has 2 rings (SSSR count). The first-order chi connectivity index (χ1) is 12.7. The van der Waals surface area contributed by atoms with Crippen LogP contribution in [-0.2, 0) is 4.74 Å². The molecule has 1 heterocycles. The van der Waals surface area contributed by atoms with Gasteiger partial charge in [-0.05, 0) is 24.5 Å². The van der Waals surface area contributed by atoms with Gasteiger partial charge in [-0.3, -0.25) is 9.89 Å². The van der Waals surface area contributed by atoms with Crippen LogP contribution in [0.4, 0.5) is 0 Å². The zero-order valence-electron chi connectivity index (χ0n) is 16.8. The van der Waals surface area contributed by atoms with Crippen LogP contribution in [0.3, 0.4) is 0 Å². The summed E-state index contributed by atoms with van der Waals surface area (Å²) in [6, 6.07) is 9.90. The van der Waals surface area contributed by atoms with E-state index >= 15 is 0 Å². The summed E-state index contributed by atoms with van der Waals surface area (Å²) in [5.41, 5.74) is 0. The lowest BCUT2D eigenvalue weighted by atomic mass is 10.2. The van der Waals surface area contributed by atoms with Crippen LogP contribution in [-0.4, -0.2) is 69.9 Å². The van der Waals surface area contributed by atoms with E-state index in [2.05, 4.69) is 34.4 Å². The van der Waals surface area contributed by atoms with Gasteiger partial charge in [-0.25, -0.2) is 0 Å². The van der Waals surface area contributed by atoms with Crippen LogP contribution in [0.15, 0.2) is 35.3 Å². The first kappa shape index (κ1) is 24.0. The molecule has 0 saturated carbocycles.